The quantitative estimate of drug-likeness (QED) is 0.166. The van der Waals surface area contributed by atoms with Gasteiger partial charge < -0.3 is 19.3 Å². The molecule has 1 fully saturated rings. The van der Waals surface area contributed by atoms with Crippen LogP contribution in [-0.4, -0.2) is 47.1 Å². The van der Waals surface area contributed by atoms with Crippen LogP contribution in [0.5, 0.6) is 17.2 Å². The van der Waals surface area contributed by atoms with E-state index in [0.717, 1.165) is 11.1 Å². The lowest BCUT2D eigenvalue weighted by molar-refractivity contribution is -0.132. The molecule has 5 rings (SSSR count). The van der Waals surface area contributed by atoms with Gasteiger partial charge in [-0.1, -0.05) is 24.3 Å². The zero-order valence-electron chi connectivity index (χ0n) is 21.7. The lowest BCUT2D eigenvalue weighted by Gasteiger charge is -2.24. The Labute approximate surface area is 229 Å². The van der Waals surface area contributed by atoms with Crippen LogP contribution in [0.1, 0.15) is 37.4 Å². The van der Waals surface area contributed by atoms with E-state index < -0.39 is 17.7 Å². The summed E-state index contributed by atoms with van der Waals surface area (Å²) in [5.41, 5.74) is 1.54. The van der Waals surface area contributed by atoms with Gasteiger partial charge in [0.15, 0.2) is 16.6 Å². The molecule has 1 saturated heterocycles. The first-order chi connectivity index (χ1) is 19.0. The Hall–Kier alpha value is -4.44. The molecule has 1 aliphatic rings. The van der Waals surface area contributed by atoms with Crippen LogP contribution in [0.2, 0.25) is 0 Å². The van der Waals surface area contributed by atoms with E-state index in [2.05, 4.69) is 9.97 Å². The predicted molar refractivity (Wildman–Crippen MR) is 149 cm³/mol. The number of pyridine rings is 1. The zero-order chi connectivity index (χ0) is 27.5. The first-order valence-electron chi connectivity index (χ1n) is 12.5. The molecular weight excluding hydrogens is 518 g/mol. The Morgan fingerprint density at radius 1 is 1.03 bits per heavy atom. The van der Waals surface area contributed by atoms with Crippen molar-refractivity contribution in [2.75, 3.05) is 25.2 Å². The third-order valence-corrected chi connectivity index (χ3v) is 7.25. The maximum absolute atomic E-state index is 13.6. The van der Waals surface area contributed by atoms with E-state index in [1.54, 1.807) is 49.6 Å². The number of methoxy groups -OCH3 is 1. The van der Waals surface area contributed by atoms with Crippen molar-refractivity contribution in [1.29, 1.82) is 0 Å². The normalized spacial score (nSPS) is 16.6. The highest BCUT2D eigenvalue weighted by Crippen LogP contribution is 2.46. The SMILES string of the molecule is CCCOc1ccc(C2C(=C(O)c3ccncc3)C(=O)C(=O)N2c2nc3ccc(OC)cc3s2)cc1OCC. The number of hydrogen-bond acceptors (Lipinski definition) is 9. The number of aliphatic hydroxyl groups excluding tert-OH is 1. The molecule has 0 spiro atoms. The standard InChI is InChI=1S/C29H27N3O6S/c1-4-14-38-21-9-6-18(15-22(21)37-5-2)25-24(26(33)17-10-12-30-13-11-17)27(34)28(35)32(25)29-31-20-8-7-19(36-3)16-23(20)39-29/h6-13,15-16,25,33H,4-5,14H2,1-3H3. The van der Waals surface area contributed by atoms with Crippen LogP contribution in [0.25, 0.3) is 16.0 Å². The van der Waals surface area contributed by atoms with Crippen molar-refractivity contribution in [3.05, 3.63) is 77.6 Å². The van der Waals surface area contributed by atoms with E-state index in [1.165, 1.54) is 28.6 Å². The van der Waals surface area contributed by atoms with Gasteiger partial charge in [-0.3, -0.25) is 19.5 Å². The van der Waals surface area contributed by atoms with Crippen LogP contribution in [0.4, 0.5) is 5.13 Å². The highest BCUT2D eigenvalue weighted by atomic mass is 32.1. The van der Waals surface area contributed by atoms with Gasteiger partial charge in [0.25, 0.3) is 5.78 Å². The highest BCUT2D eigenvalue weighted by molar-refractivity contribution is 7.22. The summed E-state index contributed by atoms with van der Waals surface area (Å²) >= 11 is 1.26. The van der Waals surface area contributed by atoms with Gasteiger partial charge in [-0.25, -0.2) is 4.98 Å². The number of thiazole rings is 1. The van der Waals surface area contributed by atoms with Crippen LogP contribution in [0.3, 0.4) is 0 Å². The van der Waals surface area contributed by atoms with E-state index >= 15 is 0 Å². The molecule has 1 atom stereocenters. The number of amides is 1. The molecular formula is C29H27N3O6S. The summed E-state index contributed by atoms with van der Waals surface area (Å²) in [5, 5.41) is 11.6. The molecule has 39 heavy (non-hydrogen) atoms. The fourth-order valence-corrected chi connectivity index (χ4v) is 5.45. The van der Waals surface area contributed by atoms with Gasteiger partial charge in [0.1, 0.15) is 11.5 Å². The van der Waals surface area contributed by atoms with Crippen LogP contribution < -0.4 is 19.1 Å². The predicted octanol–water partition coefficient (Wildman–Crippen LogP) is 5.51. The summed E-state index contributed by atoms with van der Waals surface area (Å²) in [6, 6.07) is 12.9. The van der Waals surface area contributed by atoms with Crippen molar-refractivity contribution in [1.82, 2.24) is 9.97 Å². The fourth-order valence-electron chi connectivity index (χ4n) is 4.43. The molecule has 1 N–H and O–H groups in total. The Bertz CT molecular complexity index is 1570. The molecule has 4 aromatic rings. The number of carbonyl (C=O) groups excluding carboxylic acids is 2. The summed E-state index contributed by atoms with van der Waals surface area (Å²) in [7, 11) is 1.57. The number of aliphatic hydroxyl groups is 1. The summed E-state index contributed by atoms with van der Waals surface area (Å²) in [6.07, 6.45) is 3.84. The number of aromatic nitrogens is 2. The average molecular weight is 546 g/mol. The molecule has 3 heterocycles. The molecule has 1 aliphatic heterocycles. The highest BCUT2D eigenvalue weighted by Gasteiger charge is 2.48. The summed E-state index contributed by atoms with van der Waals surface area (Å²) in [4.78, 5) is 37.0. The Morgan fingerprint density at radius 3 is 2.54 bits per heavy atom. The second-order valence-corrected chi connectivity index (χ2v) is 9.73. The molecule has 0 radical (unpaired) electrons. The number of anilines is 1. The number of nitrogens with zero attached hydrogens (tertiary/aromatic N) is 3. The zero-order valence-corrected chi connectivity index (χ0v) is 22.5. The minimum absolute atomic E-state index is 0.0484. The maximum atomic E-state index is 13.6. The van der Waals surface area contributed by atoms with Crippen LogP contribution in [-0.2, 0) is 9.59 Å². The number of fused-ring (bicyclic) bond motifs is 1. The lowest BCUT2D eigenvalue weighted by Crippen LogP contribution is -2.29. The Morgan fingerprint density at radius 2 is 1.82 bits per heavy atom. The van der Waals surface area contributed by atoms with Crippen molar-refractivity contribution in [3.63, 3.8) is 0 Å². The van der Waals surface area contributed by atoms with Gasteiger partial charge >= 0.3 is 5.91 Å². The van der Waals surface area contributed by atoms with Crippen molar-refractivity contribution in [3.8, 4) is 17.2 Å². The van der Waals surface area contributed by atoms with Crippen molar-refractivity contribution in [2.45, 2.75) is 26.3 Å². The summed E-state index contributed by atoms with van der Waals surface area (Å²) in [6.45, 7) is 4.77. The van der Waals surface area contributed by atoms with E-state index in [-0.39, 0.29) is 11.3 Å². The van der Waals surface area contributed by atoms with E-state index in [4.69, 9.17) is 14.2 Å². The van der Waals surface area contributed by atoms with Crippen molar-refractivity contribution >= 4 is 44.1 Å². The second-order valence-electron chi connectivity index (χ2n) is 8.72. The molecule has 0 bridgehead atoms. The number of Topliss-reactive ketones (excluding diaryl/α,β-unsaturated/α-hetero) is 1. The molecule has 10 heteroatoms. The Balaban J connectivity index is 1.70. The molecule has 0 aliphatic carbocycles. The van der Waals surface area contributed by atoms with Crippen LogP contribution in [0.15, 0.2) is 66.5 Å². The number of ketones is 1. The number of benzene rings is 2. The molecule has 0 saturated carbocycles. The van der Waals surface area contributed by atoms with Gasteiger partial charge in [-0.15, -0.1) is 0 Å². The van der Waals surface area contributed by atoms with Crippen LogP contribution in [0, 0.1) is 0 Å². The third kappa shape index (κ3) is 4.90. The first kappa shape index (κ1) is 26.2. The van der Waals surface area contributed by atoms with Gasteiger partial charge in [-0.2, -0.15) is 0 Å². The molecule has 9 nitrogen and oxygen atoms in total. The molecule has 2 aromatic carbocycles. The summed E-state index contributed by atoms with van der Waals surface area (Å²) < 4.78 is 17.8. The lowest BCUT2D eigenvalue weighted by atomic mass is 9.95. The minimum Gasteiger partial charge on any atom is -0.507 e. The van der Waals surface area contributed by atoms with Gasteiger partial charge in [0, 0.05) is 18.0 Å². The molecule has 200 valence electrons. The topological polar surface area (TPSA) is 111 Å². The van der Waals surface area contributed by atoms with Crippen molar-refractivity contribution < 1.29 is 28.9 Å². The molecule has 2 aromatic heterocycles. The maximum Gasteiger partial charge on any atom is 0.301 e. The van der Waals surface area contributed by atoms with Gasteiger partial charge in [0.2, 0.25) is 0 Å². The van der Waals surface area contributed by atoms with Crippen LogP contribution >= 0.6 is 11.3 Å². The first-order valence-corrected chi connectivity index (χ1v) is 13.3. The number of rotatable bonds is 9. The number of carbonyl (C=O) groups is 2. The smallest absolute Gasteiger partial charge is 0.301 e. The monoisotopic (exact) mass is 545 g/mol. The van der Waals surface area contributed by atoms with Gasteiger partial charge in [0.05, 0.1) is 42.2 Å². The number of ether oxygens (including phenoxy) is 3. The third-order valence-electron chi connectivity index (χ3n) is 6.23. The van der Waals surface area contributed by atoms with Gasteiger partial charge in [-0.05, 0) is 61.4 Å². The fraction of sp³-hybridized carbons (Fsp3) is 0.241. The average Bonchev–Trinajstić information content (AvgIpc) is 3.50. The van der Waals surface area contributed by atoms with E-state index in [1.807, 2.05) is 19.9 Å². The minimum atomic E-state index is -0.958. The Kier molecular flexibility index (Phi) is 7.47. The van der Waals surface area contributed by atoms with E-state index in [0.29, 0.717) is 52.2 Å². The molecule has 1 amide bonds. The van der Waals surface area contributed by atoms with E-state index in [9.17, 15) is 14.7 Å². The van der Waals surface area contributed by atoms with Crippen molar-refractivity contribution in [2.24, 2.45) is 0 Å². The molecule has 1 unspecified atom stereocenters. The summed E-state index contributed by atoms with van der Waals surface area (Å²) in [5.74, 6) is -0.206. The largest absolute Gasteiger partial charge is 0.507 e. The second kappa shape index (κ2) is 11.1. The number of hydrogen-bond donors (Lipinski definition) is 1.